The average molecular weight is 607 g/mol. The lowest BCUT2D eigenvalue weighted by atomic mass is 9.81. The van der Waals surface area contributed by atoms with Gasteiger partial charge in [-0.05, 0) is 52.3 Å². The molecule has 44 heavy (non-hydrogen) atoms. The molecule has 0 aliphatic carbocycles. The number of phenolic OH excluding ortho intramolecular Hbond substituents is 2. The smallest absolute Gasteiger partial charge is 0.194 e. The highest BCUT2D eigenvalue weighted by atomic mass is 16.5. The van der Waals surface area contributed by atoms with Crippen molar-refractivity contribution in [2.24, 2.45) is 0 Å². The summed E-state index contributed by atoms with van der Waals surface area (Å²) < 4.78 is 23.8. The molecule has 5 aromatic carbocycles. The summed E-state index contributed by atoms with van der Waals surface area (Å²) in [5.41, 5.74) is -0.336. The van der Waals surface area contributed by atoms with Crippen LogP contribution in [0.25, 0.3) is 43.1 Å². The monoisotopic (exact) mass is 606 g/mol. The maximum atomic E-state index is 13.8. The fraction of sp³-hybridized carbons (Fsp3) is 0.412. The number of phenols is 2. The van der Waals surface area contributed by atoms with Gasteiger partial charge in [0.1, 0.15) is 11.5 Å². The zero-order valence-corrected chi connectivity index (χ0v) is 26.1. The SMILES string of the molecule is COc1c(O)c2c(=O)cc(OC(C)C)c3c4c(OC(C)C)cc(=O)c5c(O)c(OC)c(C[C@@H](C)O)c(c(c1C[C@@H](C)O)c23)c54. The lowest BCUT2D eigenvalue weighted by Gasteiger charge is -2.26. The molecule has 5 aromatic rings. The minimum atomic E-state index is -0.913. The van der Waals surface area contributed by atoms with Crippen LogP contribution in [0.5, 0.6) is 34.5 Å². The van der Waals surface area contributed by atoms with Crippen molar-refractivity contribution in [1.29, 1.82) is 0 Å². The first-order chi connectivity index (χ1) is 20.7. The molecule has 0 amide bonds. The highest BCUT2D eigenvalue weighted by Gasteiger charge is 2.33. The molecule has 0 radical (unpaired) electrons. The summed E-state index contributed by atoms with van der Waals surface area (Å²) in [5, 5.41) is 46.6. The first-order valence-electron chi connectivity index (χ1n) is 14.6. The number of aliphatic hydroxyl groups is 2. The molecular weight excluding hydrogens is 568 g/mol. The van der Waals surface area contributed by atoms with Crippen molar-refractivity contribution in [3.63, 3.8) is 0 Å². The van der Waals surface area contributed by atoms with E-state index in [2.05, 4.69) is 0 Å². The van der Waals surface area contributed by atoms with Crippen LogP contribution in [0.3, 0.4) is 0 Å². The predicted octanol–water partition coefficient (Wildman–Crippen LogP) is 4.74. The van der Waals surface area contributed by atoms with Gasteiger partial charge in [0.05, 0.1) is 49.4 Å². The fourth-order valence-corrected chi connectivity index (χ4v) is 6.44. The Labute approximate surface area is 253 Å². The Morgan fingerprint density at radius 1 is 0.568 bits per heavy atom. The normalized spacial score (nSPS) is 13.5. The summed E-state index contributed by atoms with van der Waals surface area (Å²) in [4.78, 5) is 27.7. The third-order valence-corrected chi connectivity index (χ3v) is 7.70. The van der Waals surface area contributed by atoms with Gasteiger partial charge in [-0.1, -0.05) is 0 Å². The molecule has 234 valence electrons. The molecule has 0 unspecified atom stereocenters. The van der Waals surface area contributed by atoms with Crippen molar-refractivity contribution < 1.29 is 39.4 Å². The molecule has 10 heteroatoms. The van der Waals surface area contributed by atoms with E-state index in [-0.39, 0.29) is 58.8 Å². The Kier molecular flexibility index (Phi) is 8.02. The maximum absolute atomic E-state index is 13.8. The van der Waals surface area contributed by atoms with Gasteiger partial charge in [0, 0.05) is 57.6 Å². The van der Waals surface area contributed by atoms with Gasteiger partial charge in [0.25, 0.3) is 0 Å². The number of ether oxygens (including phenoxy) is 4. The van der Waals surface area contributed by atoms with Crippen LogP contribution in [0.15, 0.2) is 21.7 Å². The first kappa shape index (κ1) is 31.2. The van der Waals surface area contributed by atoms with Gasteiger partial charge >= 0.3 is 0 Å². The van der Waals surface area contributed by atoms with E-state index in [1.165, 1.54) is 26.4 Å². The number of rotatable bonds is 10. The standard InChI is InChI=1S/C34H38O10/c1-13(2)43-21-11-19(37)25-29-23(17(9-15(5)35)33(41-7)31(25)39)24-18(10-16(6)36)34(42-8)32(40)26-20(38)12-22(44-14(3)4)28(27(21)29)30(24)26/h11-16,35-36,39-40H,9-10H2,1-8H3/t15-,16-/m1/s1. The molecule has 2 atom stereocenters. The van der Waals surface area contributed by atoms with Gasteiger partial charge in [-0.25, -0.2) is 0 Å². The Morgan fingerprint density at radius 3 is 1.18 bits per heavy atom. The van der Waals surface area contributed by atoms with Crippen LogP contribution in [-0.4, -0.2) is 59.1 Å². The van der Waals surface area contributed by atoms with Crippen LogP contribution in [0.2, 0.25) is 0 Å². The topological polar surface area (TPSA) is 152 Å². The van der Waals surface area contributed by atoms with E-state index >= 15 is 0 Å². The second-order valence-electron chi connectivity index (χ2n) is 11.9. The third-order valence-electron chi connectivity index (χ3n) is 7.70. The van der Waals surface area contributed by atoms with E-state index < -0.39 is 34.6 Å². The second-order valence-corrected chi connectivity index (χ2v) is 11.9. The van der Waals surface area contributed by atoms with Crippen molar-refractivity contribution in [3.8, 4) is 34.5 Å². The molecule has 0 saturated carbocycles. The molecule has 0 spiro atoms. The molecule has 0 aromatic heterocycles. The number of fused-ring (bicyclic) bond motifs is 2. The number of methoxy groups -OCH3 is 2. The van der Waals surface area contributed by atoms with Gasteiger partial charge in [-0.2, -0.15) is 0 Å². The van der Waals surface area contributed by atoms with E-state index in [0.29, 0.717) is 43.4 Å². The lowest BCUT2D eigenvalue weighted by molar-refractivity contribution is 0.193. The third kappa shape index (κ3) is 4.73. The van der Waals surface area contributed by atoms with Crippen LogP contribution in [0.1, 0.15) is 52.7 Å². The zero-order valence-electron chi connectivity index (χ0n) is 26.1. The molecule has 0 aliphatic rings. The summed E-state index contributed by atoms with van der Waals surface area (Å²) in [6.07, 6.45) is -2.57. The second kappa shape index (κ2) is 11.3. The summed E-state index contributed by atoms with van der Waals surface area (Å²) in [6.45, 7) is 10.4. The van der Waals surface area contributed by atoms with Gasteiger partial charge < -0.3 is 39.4 Å². The van der Waals surface area contributed by atoms with E-state index in [9.17, 15) is 30.0 Å². The van der Waals surface area contributed by atoms with E-state index in [0.717, 1.165) is 0 Å². The summed E-state index contributed by atoms with van der Waals surface area (Å²) >= 11 is 0. The molecule has 0 bridgehead atoms. The minimum absolute atomic E-state index is 0.00848. The van der Waals surface area contributed by atoms with Crippen LogP contribution in [-0.2, 0) is 12.8 Å². The number of hydrogen-bond donors (Lipinski definition) is 4. The average Bonchev–Trinajstić information content (AvgIpc) is 2.90. The summed E-state index contributed by atoms with van der Waals surface area (Å²) in [7, 11) is 2.71. The molecule has 0 saturated heterocycles. The van der Waals surface area contributed by atoms with Crippen molar-refractivity contribution in [1.82, 2.24) is 0 Å². The number of benzene rings is 5. The van der Waals surface area contributed by atoms with Gasteiger partial charge in [-0.3, -0.25) is 9.59 Å². The highest BCUT2D eigenvalue weighted by Crippen LogP contribution is 2.55. The molecule has 10 nitrogen and oxygen atoms in total. The Hall–Kier alpha value is -4.28. The van der Waals surface area contributed by atoms with Crippen LogP contribution in [0.4, 0.5) is 0 Å². The maximum Gasteiger partial charge on any atom is 0.194 e. The van der Waals surface area contributed by atoms with Gasteiger partial charge in [0.15, 0.2) is 33.9 Å². The van der Waals surface area contributed by atoms with E-state index in [1.54, 1.807) is 13.8 Å². The predicted molar refractivity (Wildman–Crippen MR) is 170 cm³/mol. The Morgan fingerprint density at radius 2 is 0.909 bits per heavy atom. The highest BCUT2D eigenvalue weighted by molar-refractivity contribution is 6.38. The molecule has 0 aliphatic heterocycles. The van der Waals surface area contributed by atoms with Crippen molar-refractivity contribution in [3.05, 3.63) is 43.7 Å². The molecule has 0 fully saturated rings. The molecule has 4 N–H and O–H groups in total. The molecule has 5 rings (SSSR count). The number of hydrogen-bond acceptors (Lipinski definition) is 10. The van der Waals surface area contributed by atoms with Crippen molar-refractivity contribution in [2.45, 2.75) is 78.8 Å². The van der Waals surface area contributed by atoms with E-state index in [4.69, 9.17) is 18.9 Å². The van der Waals surface area contributed by atoms with Crippen LogP contribution >= 0.6 is 0 Å². The minimum Gasteiger partial charge on any atom is -0.504 e. The van der Waals surface area contributed by atoms with Gasteiger partial charge in [0.2, 0.25) is 0 Å². The van der Waals surface area contributed by atoms with Gasteiger partial charge in [-0.15, -0.1) is 0 Å². The van der Waals surface area contributed by atoms with E-state index in [1.807, 2.05) is 27.7 Å². The fourth-order valence-electron chi connectivity index (χ4n) is 6.44. The van der Waals surface area contributed by atoms with Crippen LogP contribution in [0, 0.1) is 0 Å². The van der Waals surface area contributed by atoms with Crippen molar-refractivity contribution >= 4 is 43.1 Å². The largest absolute Gasteiger partial charge is 0.504 e. The first-order valence-corrected chi connectivity index (χ1v) is 14.6. The summed E-state index contributed by atoms with van der Waals surface area (Å²) in [6, 6.07) is 2.58. The quantitative estimate of drug-likeness (QED) is 0.130. The number of aliphatic hydroxyl groups excluding tert-OH is 2. The summed E-state index contributed by atoms with van der Waals surface area (Å²) in [5.74, 6) is -0.456. The molecular formula is C34H38O10. The number of aromatic hydroxyl groups is 2. The van der Waals surface area contributed by atoms with Crippen molar-refractivity contribution in [2.75, 3.05) is 14.2 Å². The Bertz CT molecular complexity index is 1870. The zero-order chi connectivity index (χ0) is 32.4. The molecule has 0 heterocycles. The Balaban J connectivity index is 2.35. The lowest BCUT2D eigenvalue weighted by Crippen LogP contribution is -2.16. The van der Waals surface area contributed by atoms with Crippen LogP contribution < -0.4 is 29.8 Å².